The second kappa shape index (κ2) is 6.88. The van der Waals surface area contributed by atoms with Gasteiger partial charge in [-0.2, -0.15) is 0 Å². The third kappa shape index (κ3) is 3.46. The molecule has 0 amide bonds. The molecule has 3 atom stereocenters. The third-order valence-electron chi connectivity index (χ3n) is 5.08. The van der Waals surface area contributed by atoms with Crippen LogP contribution in [0, 0.1) is 11.8 Å². The summed E-state index contributed by atoms with van der Waals surface area (Å²) in [7, 11) is 2.27. The molecular formula is C15H31N3. The molecule has 3 unspecified atom stereocenters. The van der Waals surface area contributed by atoms with Gasteiger partial charge in [-0.3, -0.25) is 4.90 Å². The highest BCUT2D eigenvalue weighted by Crippen LogP contribution is 2.32. The van der Waals surface area contributed by atoms with E-state index in [1.54, 1.807) is 0 Å². The van der Waals surface area contributed by atoms with Gasteiger partial charge in [0.05, 0.1) is 0 Å². The molecule has 0 bridgehead atoms. The molecule has 1 aliphatic carbocycles. The minimum Gasteiger partial charge on any atom is -0.330 e. The molecule has 0 spiro atoms. The molecule has 0 aromatic heterocycles. The first-order chi connectivity index (χ1) is 8.74. The van der Waals surface area contributed by atoms with Crippen molar-refractivity contribution < 1.29 is 0 Å². The van der Waals surface area contributed by atoms with Gasteiger partial charge in [-0.25, -0.2) is 0 Å². The van der Waals surface area contributed by atoms with E-state index in [0.717, 1.165) is 24.4 Å². The maximum atomic E-state index is 5.92. The van der Waals surface area contributed by atoms with Gasteiger partial charge in [-0.05, 0) is 64.2 Å². The van der Waals surface area contributed by atoms with Crippen LogP contribution in [-0.4, -0.2) is 55.6 Å². The average molecular weight is 253 g/mol. The van der Waals surface area contributed by atoms with Gasteiger partial charge in [-0.15, -0.1) is 0 Å². The third-order valence-corrected chi connectivity index (χ3v) is 5.08. The number of nitrogens with zero attached hydrogens (tertiary/aromatic N) is 2. The molecule has 0 aromatic rings. The maximum Gasteiger partial charge on any atom is 0.0220 e. The Balaban J connectivity index is 1.93. The Bertz CT molecular complexity index is 244. The highest BCUT2D eigenvalue weighted by molar-refractivity contribution is 4.85. The molecular weight excluding hydrogens is 222 g/mol. The van der Waals surface area contributed by atoms with Gasteiger partial charge in [0.2, 0.25) is 0 Å². The van der Waals surface area contributed by atoms with Crippen LogP contribution in [0.5, 0.6) is 0 Å². The average Bonchev–Trinajstić information content (AvgIpc) is 2.74. The van der Waals surface area contributed by atoms with E-state index in [2.05, 4.69) is 23.8 Å². The van der Waals surface area contributed by atoms with E-state index in [0.29, 0.717) is 0 Å². The van der Waals surface area contributed by atoms with Crippen molar-refractivity contribution in [2.75, 3.05) is 39.8 Å². The molecule has 1 heterocycles. The van der Waals surface area contributed by atoms with Gasteiger partial charge in [0.15, 0.2) is 0 Å². The van der Waals surface area contributed by atoms with Crippen LogP contribution in [0.15, 0.2) is 0 Å². The normalized spacial score (nSPS) is 35.8. The van der Waals surface area contributed by atoms with E-state index in [1.807, 2.05) is 0 Å². The van der Waals surface area contributed by atoms with Crippen LogP contribution in [0.25, 0.3) is 0 Å². The van der Waals surface area contributed by atoms with Gasteiger partial charge in [-0.1, -0.05) is 13.3 Å². The van der Waals surface area contributed by atoms with Crippen LogP contribution in [-0.2, 0) is 0 Å². The van der Waals surface area contributed by atoms with Crippen LogP contribution in [0.3, 0.4) is 0 Å². The first kappa shape index (κ1) is 14.3. The van der Waals surface area contributed by atoms with E-state index in [4.69, 9.17) is 5.73 Å². The fourth-order valence-corrected chi connectivity index (χ4v) is 3.89. The molecule has 1 saturated carbocycles. The van der Waals surface area contributed by atoms with Gasteiger partial charge < -0.3 is 10.6 Å². The zero-order chi connectivity index (χ0) is 13.0. The minimum atomic E-state index is 0.761. The van der Waals surface area contributed by atoms with Gasteiger partial charge in [0.1, 0.15) is 0 Å². The first-order valence-corrected chi connectivity index (χ1v) is 7.87. The fraction of sp³-hybridized carbons (Fsp3) is 1.00. The molecule has 0 aromatic carbocycles. The van der Waals surface area contributed by atoms with E-state index < -0.39 is 0 Å². The number of hydrogen-bond donors (Lipinski definition) is 1. The van der Waals surface area contributed by atoms with Crippen molar-refractivity contribution in [2.45, 2.75) is 45.1 Å². The quantitative estimate of drug-likeness (QED) is 0.829. The summed E-state index contributed by atoms with van der Waals surface area (Å²) in [5.74, 6) is 1.66. The number of likely N-dealkylation sites (N-methyl/N-ethyl adjacent to an activating group) is 1. The zero-order valence-electron chi connectivity index (χ0n) is 12.3. The van der Waals surface area contributed by atoms with Crippen molar-refractivity contribution in [1.29, 1.82) is 0 Å². The van der Waals surface area contributed by atoms with E-state index in [1.165, 1.54) is 58.3 Å². The Hall–Kier alpha value is -0.120. The van der Waals surface area contributed by atoms with Gasteiger partial charge >= 0.3 is 0 Å². The van der Waals surface area contributed by atoms with Crippen molar-refractivity contribution in [3.63, 3.8) is 0 Å². The molecule has 2 aliphatic rings. The SMILES string of the molecule is CCC1CN(C)CCCN1CC1CCCC1CN. The maximum absolute atomic E-state index is 5.92. The Morgan fingerprint density at radius 1 is 1.11 bits per heavy atom. The van der Waals surface area contributed by atoms with Crippen LogP contribution in [0.4, 0.5) is 0 Å². The van der Waals surface area contributed by atoms with E-state index in [9.17, 15) is 0 Å². The summed E-state index contributed by atoms with van der Waals surface area (Å²) >= 11 is 0. The summed E-state index contributed by atoms with van der Waals surface area (Å²) in [5, 5.41) is 0. The molecule has 1 saturated heterocycles. The molecule has 1 aliphatic heterocycles. The molecule has 0 radical (unpaired) electrons. The molecule has 18 heavy (non-hydrogen) atoms. The van der Waals surface area contributed by atoms with Crippen LogP contribution < -0.4 is 5.73 Å². The number of nitrogens with two attached hydrogens (primary N) is 1. The first-order valence-electron chi connectivity index (χ1n) is 7.87. The summed E-state index contributed by atoms with van der Waals surface area (Å²) < 4.78 is 0. The van der Waals surface area contributed by atoms with Gasteiger partial charge in [0.25, 0.3) is 0 Å². The lowest BCUT2D eigenvalue weighted by molar-refractivity contribution is 0.145. The zero-order valence-corrected chi connectivity index (χ0v) is 12.3. The largest absolute Gasteiger partial charge is 0.330 e. The molecule has 3 nitrogen and oxygen atoms in total. The smallest absolute Gasteiger partial charge is 0.0220 e. The highest BCUT2D eigenvalue weighted by atomic mass is 15.2. The highest BCUT2D eigenvalue weighted by Gasteiger charge is 2.30. The summed E-state index contributed by atoms with van der Waals surface area (Å²) in [6.45, 7) is 8.33. The van der Waals surface area contributed by atoms with Crippen molar-refractivity contribution in [1.82, 2.24) is 9.80 Å². The summed E-state index contributed by atoms with van der Waals surface area (Å²) in [6, 6.07) is 0.761. The standard InChI is InChI=1S/C15H31N3/c1-3-15-12-17(2)8-5-9-18(15)11-14-7-4-6-13(14)10-16/h13-15H,3-12,16H2,1-2H3. The topological polar surface area (TPSA) is 32.5 Å². The Labute approximate surface area is 113 Å². The van der Waals surface area contributed by atoms with Crippen LogP contribution in [0.2, 0.25) is 0 Å². The van der Waals surface area contributed by atoms with Crippen molar-refractivity contribution in [3.05, 3.63) is 0 Å². The Kier molecular flexibility index (Phi) is 5.46. The van der Waals surface area contributed by atoms with Crippen molar-refractivity contribution in [2.24, 2.45) is 17.6 Å². The molecule has 2 rings (SSSR count). The second-order valence-corrected chi connectivity index (χ2v) is 6.36. The Morgan fingerprint density at radius 2 is 1.89 bits per heavy atom. The molecule has 106 valence electrons. The number of hydrogen-bond acceptors (Lipinski definition) is 3. The predicted octanol–water partition coefficient (Wildman–Crippen LogP) is 1.78. The predicted molar refractivity (Wildman–Crippen MR) is 77.7 cm³/mol. The van der Waals surface area contributed by atoms with Crippen LogP contribution >= 0.6 is 0 Å². The van der Waals surface area contributed by atoms with Crippen LogP contribution in [0.1, 0.15) is 39.0 Å². The second-order valence-electron chi connectivity index (χ2n) is 6.36. The summed E-state index contributed by atoms with van der Waals surface area (Å²) in [4.78, 5) is 5.27. The van der Waals surface area contributed by atoms with Crippen molar-refractivity contribution >= 4 is 0 Å². The molecule has 2 fully saturated rings. The lowest BCUT2D eigenvalue weighted by atomic mass is 9.95. The lowest BCUT2D eigenvalue weighted by Crippen LogP contribution is -2.43. The molecule has 2 N–H and O–H groups in total. The van der Waals surface area contributed by atoms with Crippen molar-refractivity contribution in [3.8, 4) is 0 Å². The Morgan fingerprint density at radius 3 is 2.61 bits per heavy atom. The lowest BCUT2D eigenvalue weighted by Gasteiger charge is -2.33. The molecule has 3 heteroatoms. The summed E-state index contributed by atoms with van der Waals surface area (Å²) in [6.07, 6.45) is 6.78. The summed E-state index contributed by atoms with van der Waals surface area (Å²) in [5.41, 5.74) is 5.92. The fourth-order valence-electron chi connectivity index (χ4n) is 3.89. The van der Waals surface area contributed by atoms with E-state index >= 15 is 0 Å². The minimum absolute atomic E-state index is 0.761. The van der Waals surface area contributed by atoms with Gasteiger partial charge in [0, 0.05) is 19.1 Å². The van der Waals surface area contributed by atoms with E-state index in [-0.39, 0.29) is 0 Å². The monoisotopic (exact) mass is 253 g/mol. The number of rotatable bonds is 4.